The van der Waals surface area contributed by atoms with Gasteiger partial charge >= 0.3 is 0 Å². The number of nitrogens with one attached hydrogen (secondary N) is 3. The van der Waals surface area contributed by atoms with E-state index in [1.54, 1.807) is 30.1 Å². The quantitative estimate of drug-likeness (QED) is 0.479. The molecule has 4 heterocycles. The maximum atomic E-state index is 12.5. The summed E-state index contributed by atoms with van der Waals surface area (Å²) in [6.45, 7) is 3.99. The number of rotatable bonds is 4. The molecule has 0 radical (unpaired) electrons. The van der Waals surface area contributed by atoms with Gasteiger partial charge in [-0.25, -0.2) is 15.0 Å². The molecule has 0 bridgehead atoms. The van der Waals surface area contributed by atoms with Gasteiger partial charge in [-0.2, -0.15) is 5.10 Å². The minimum atomic E-state index is 0.0232. The van der Waals surface area contributed by atoms with Crippen molar-refractivity contribution in [1.29, 1.82) is 0 Å². The number of aryl methyl sites for hydroxylation is 1. The second kappa shape index (κ2) is 7.07. The van der Waals surface area contributed by atoms with Crippen LogP contribution in [0.4, 0.5) is 11.5 Å². The number of thiophene rings is 1. The monoisotopic (exact) mass is 407 g/mol. The van der Waals surface area contributed by atoms with Crippen LogP contribution in [0, 0.1) is 5.92 Å². The number of H-pyrrole nitrogens is 1. The van der Waals surface area contributed by atoms with Crippen LogP contribution in [0.3, 0.4) is 0 Å². The fourth-order valence-electron chi connectivity index (χ4n) is 3.87. The van der Waals surface area contributed by atoms with E-state index in [4.69, 9.17) is 0 Å². The van der Waals surface area contributed by atoms with Crippen molar-refractivity contribution in [2.45, 2.75) is 39.2 Å². The van der Waals surface area contributed by atoms with Gasteiger partial charge in [-0.05, 0) is 44.7 Å². The van der Waals surface area contributed by atoms with Crippen LogP contribution in [-0.2, 0) is 17.6 Å². The highest BCUT2D eigenvalue weighted by Gasteiger charge is 2.29. The van der Waals surface area contributed by atoms with Crippen molar-refractivity contribution in [1.82, 2.24) is 30.5 Å². The largest absolute Gasteiger partial charge is 0.354 e. The lowest BCUT2D eigenvalue weighted by molar-refractivity contribution is -0.125. The molecule has 4 aromatic rings. The van der Waals surface area contributed by atoms with Crippen LogP contribution in [-0.4, -0.2) is 37.1 Å². The van der Waals surface area contributed by atoms with Crippen molar-refractivity contribution in [3.05, 3.63) is 35.2 Å². The zero-order valence-electron chi connectivity index (χ0n) is 16.2. The van der Waals surface area contributed by atoms with E-state index in [0.717, 1.165) is 52.0 Å². The molecule has 29 heavy (non-hydrogen) atoms. The van der Waals surface area contributed by atoms with Gasteiger partial charge in [0.1, 0.15) is 17.0 Å². The van der Waals surface area contributed by atoms with Gasteiger partial charge in [0.2, 0.25) is 5.91 Å². The van der Waals surface area contributed by atoms with E-state index >= 15 is 0 Å². The Labute approximate surface area is 171 Å². The lowest BCUT2D eigenvalue weighted by Gasteiger charge is -2.22. The van der Waals surface area contributed by atoms with E-state index in [1.807, 2.05) is 19.9 Å². The van der Waals surface area contributed by atoms with Gasteiger partial charge in [-0.1, -0.05) is 0 Å². The van der Waals surface area contributed by atoms with Crippen LogP contribution < -0.4 is 10.6 Å². The van der Waals surface area contributed by atoms with Crippen LogP contribution in [0.2, 0.25) is 0 Å². The number of amides is 1. The predicted molar refractivity (Wildman–Crippen MR) is 113 cm³/mol. The summed E-state index contributed by atoms with van der Waals surface area (Å²) in [5, 5.41) is 15.3. The highest BCUT2D eigenvalue weighted by molar-refractivity contribution is 7.19. The molecular weight excluding hydrogens is 386 g/mol. The maximum absolute atomic E-state index is 12.5. The Kier molecular flexibility index (Phi) is 4.39. The third kappa shape index (κ3) is 3.31. The van der Waals surface area contributed by atoms with E-state index in [-0.39, 0.29) is 17.9 Å². The zero-order chi connectivity index (χ0) is 20.0. The first-order valence-electron chi connectivity index (χ1n) is 9.70. The molecule has 0 aliphatic heterocycles. The summed E-state index contributed by atoms with van der Waals surface area (Å²) in [7, 11) is 0. The van der Waals surface area contributed by atoms with E-state index < -0.39 is 0 Å². The molecule has 0 fully saturated rings. The molecule has 0 spiro atoms. The highest BCUT2D eigenvalue weighted by atomic mass is 32.1. The molecule has 1 aliphatic rings. The third-order valence-electron chi connectivity index (χ3n) is 5.20. The minimum Gasteiger partial charge on any atom is -0.354 e. The number of anilines is 2. The number of hydrogen-bond acceptors (Lipinski definition) is 7. The Morgan fingerprint density at radius 3 is 3.03 bits per heavy atom. The van der Waals surface area contributed by atoms with Gasteiger partial charge in [-0.3, -0.25) is 9.89 Å². The smallest absolute Gasteiger partial charge is 0.223 e. The Morgan fingerprint density at radius 1 is 1.28 bits per heavy atom. The van der Waals surface area contributed by atoms with Gasteiger partial charge in [0.15, 0.2) is 5.65 Å². The Balaban J connectivity index is 1.47. The lowest BCUT2D eigenvalue weighted by Crippen LogP contribution is -2.37. The molecule has 1 unspecified atom stereocenters. The molecule has 0 aromatic carbocycles. The van der Waals surface area contributed by atoms with E-state index in [2.05, 4.69) is 35.8 Å². The molecule has 4 aromatic heterocycles. The van der Waals surface area contributed by atoms with E-state index in [9.17, 15) is 4.79 Å². The summed E-state index contributed by atoms with van der Waals surface area (Å²) in [5.41, 5.74) is 2.87. The Morgan fingerprint density at radius 2 is 2.17 bits per heavy atom. The summed E-state index contributed by atoms with van der Waals surface area (Å²) < 4.78 is 0. The number of aromatic amines is 1. The summed E-state index contributed by atoms with van der Waals surface area (Å²) in [6, 6.07) is 2.15. The van der Waals surface area contributed by atoms with Crippen molar-refractivity contribution >= 4 is 50.0 Å². The number of carbonyl (C=O) groups is 1. The third-order valence-corrected chi connectivity index (χ3v) is 6.36. The molecule has 1 atom stereocenters. The molecular formula is C20H21N7OS. The van der Waals surface area contributed by atoms with Crippen LogP contribution in [0.15, 0.2) is 24.8 Å². The first-order valence-corrected chi connectivity index (χ1v) is 10.5. The lowest BCUT2D eigenvalue weighted by atomic mass is 9.87. The number of nitrogens with zero attached hydrogens (tertiary/aromatic N) is 4. The molecule has 0 saturated heterocycles. The van der Waals surface area contributed by atoms with Crippen LogP contribution >= 0.6 is 11.3 Å². The number of fused-ring (bicyclic) bond motifs is 4. The van der Waals surface area contributed by atoms with Gasteiger partial charge in [-0.15, -0.1) is 11.3 Å². The average molecular weight is 408 g/mol. The zero-order valence-corrected chi connectivity index (χ0v) is 17.0. The first-order chi connectivity index (χ1) is 14.1. The van der Waals surface area contributed by atoms with Crippen molar-refractivity contribution in [3.8, 4) is 0 Å². The molecule has 0 saturated carbocycles. The fourth-order valence-corrected chi connectivity index (χ4v) is 5.14. The highest BCUT2D eigenvalue weighted by Crippen LogP contribution is 2.40. The topological polar surface area (TPSA) is 108 Å². The Bertz CT molecular complexity index is 1210. The molecule has 3 N–H and O–H groups in total. The van der Waals surface area contributed by atoms with E-state index in [0.29, 0.717) is 0 Å². The van der Waals surface area contributed by atoms with Crippen LogP contribution in [0.5, 0.6) is 0 Å². The number of aromatic nitrogens is 5. The molecule has 8 nitrogen and oxygen atoms in total. The van der Waals surface area contributed by atoms with Gasteiger partial charge in [0.05, 0.1) is 23.5 Å². The summed E-state index contributed by atoms with van der Waals surface area (Å²) in [4.78, 5) is 28.0. The fraction of sp³-hybridized carbons (Fsp3) is 0.350. The second-order valence-electron chi connectivity index (χ2n) is 7.67. The van der Waals surface area contributed by atoms with Crippen molar-refractivity contribution in [3.63, 3.8) is 0 Å². The van der Waals surface area contributed by atoms with Crippen molar-refractivity contribution < 1.29 is 4.79 Å². The molecule has 1 aliphatic carbocycles. The van der Waals surface area contributed by atoms with E-state index in [1.165, 1.54) is 10.4 Å². The first kappa shape index (κ1) is 18.0. The standard InChI is InChI=1S/C20H21N7OS/c1-10(2)25-19(28)11-3-4-14-15(6-11)29-20-16(14)18(22-9-23-20)26-13-5-12-7-24-27-17(12)21-8-13/h5,7-11H,3-4,6H2,1-2H3,(H,25,28)(H,21,24,27)(H,22,23,26). The Hall–Kier alpha value is -3.07. The number of carbonyl (C=O) groups excluding carboxylic acids is 1. The number of pyridine rings is 1. The summed E-state index contributed by atoms with van der Waals surface area (Å²) in [5.74, 6) is 0.948. The van der Waals surface area contributed by atoms with Gasteiger partial charge in [0, 0.05) is 22.2 Å². The SMILES string of the molecule is CC(C)NC(=O)C1CCc2c(sc3ncnc(Nc4cnc5[nH]ncc5c4)c23)C1. The maximum Gasteiger partial charge on any atom is 0.223 e. The summed E-state index contributed by atoms with van der Waals surface area (Å²) >= 11 is 1.67. The normalized spacial score (nSPS) is 16.3. The molecule has 1 amide bonds. The van der Waals surface area contributed by atoms with Gasteiger partial charge in [0.25, 0.3) is 0 Å². The van der Waals surface area contributed by atoms with Crippen molar-refractivity contribution in [2.75, 3.05) is 5.32 Å². The minimum absolute atomic E-state index is 0.0232. The predicted octanol–water partition coefficient (Wildman–Crippen LogP) is 3.34. The summed E-state index contributed by atoms with van der Waals surface area (Å²) in [6.07, 6.45) is 7.55. The van der Waals surface area contributed by atoms with Crippen LogP contribution in [0.25, 0.3) is 21.3 Å². The second-order valence-corrected chi connectivity index (χ2v) is 8.75. The van der Waals surface area contributed by atoms with Gasteiger partial charge < -0.3 is 10.6 Å². The average Bonchev–Trinajstić information content (AvgIpc) is 3.31. The molecule has 148 valence electrons. The molecule has 5 rings (SSSR count). The number of hydrogen-bond donors (Lipinski definition) is 3. The van der Waals surface area contributed by atoms with Crippen molar-refractivity contribution in [2.24, 2.45) is 5.92 Å². The van der Waals surface area contributed by atoms with Crippen LogP contribution in [0.1, 0.15) is 30.7 Å². The molecule has 9 heteroatoms.